The van der Waals surface area contributed by atoms with Gasteiger partial charge in [-0.15, -0.1) is 0 Å². The molecule has 0 N–H and O–H groups in total. The molecule has 0 bridgehead atoms. The molecule has 0 aromatic carbocycles. The van der Waals surface area contributed by atoms with Crippen LogP contribution in [0.5, 0.6) is 0 Å². The first-order valence-corrected chi connectivity index (χ1v) is 3.65. The highest BCUT2D eigenvalue weighted by Crippen LogP contribution is 2.08. The summed E-state index contributed by atoms with van der Waals surface area (Å²) in [7, 11) is 0. The minimum Gasteiger partial charge on any atom is -0.257 e. The fourth-order valence-corrected chi connectivity index (χ4v) is 0.982. The fourth-order valence-electron chi connectivity index (χ4n) is 0.982. The third-order valence-electron chi connectivity index (χ3n) is 1.54. The molecule has 0 atom stereocenters. The second-order valence-electron chi connectivity index (χ2n) is 2.43. The number of rotatable bonds is 2. The predicted octanol–water partition coefficient (Wildman–Crippen LogP) is 1.35. The van der Waals surface area contributed by atoms with Crippen molar-refractivity contribution in [1.82, 2.24) is 4.98 Å². The van der Waals surface area contributed by atoms with E-state index in [0.29, 0.717) is 11.3 Å². The van der Waals surface area contributed by atoms with E-state index in [2.05, 4.69) is 4.98 Å². The van der Waals surface area contributed by atoms with E-state index in [1.165, 1.54) is 6.07 Å². The summed E-state index contributed by atoms with van der Waals surface area (Å²) >= 11 is 0. The van der Waals surface area contributed by atoms with Crippen LogP contribution in [0.25, 0.3) is 0 Å². The Hall–Kier alpha value is -1.94. The van der Waals surface area contributed by atoms with E-state index >= 15 is 0 Å². The van der Waals surface area contributed by atoms with Gasteiger partial charge in [0.1, 0.15) is 5.82 Å². The molecule has 1 aromatic rings. The summed E-state index contributed by atoms with van der Waals surface area (Å²) in [6, 6.07) is 5.04. The van der Waals surface area contributed by atoms with E-state index in [1.54, 1.807) is 0 Å². The van der Waals surface area contributed by atoms with Crippen molar-refractivity contribution >= 4 is 0 Å². The van der Waals surface area contributed by atoms with Gasteiger partial charge >= 0.3 is 0 Å². The maximum atomic E-state index is 12.7. The summed E-state index contributed by atoms with van der Waals surface area (Å²) in [6.07, 6.45) is 1.24. The quantitative estimate of drug-likeness (QED) is 0.681. The van der Waals surface area contributed by atoms with Crippen molar-refractivity contribution in [3.8, 4) is 12.1 Å². The van der Waals surface area contributed by atoms with Crippen LogP contribution >= 0.6 is 0 Å². The molecule has 13 heavy (non-hydrogen) atoms. The van der Waals surface area contributed by atoms with Crippen LogP contribution in [0.4, 0.5) is 4.39 Å². The Morgan fingerprint density at radius 2 is 2.00 bits per heavy atom. The molecule has 1 aromatic heterocycles. The van der Waals surface area contributed by atoms with Crippen molar-refractivity contribution in [3.05, 3.63) is 29.3 Å². The number of hydrogen-bond acceptors (Lipinski definition) is 3. The van der Waals surface area contributed by atoms with Crippen LogP contribution in [0.2, 0.25) is 0 Å². The molecule has 1 rings (SSSR count). The lowest BCUT2D eigenvalue weighted by Gasteiger charge is -2.00. The van der Waals surface area contributed by atoms with Crippen LogP contribution in [-0.4, -0.2) is 4.98 Å². The number of hydrogen-bond donors (Lipinski definition) is 0. The second-order valence-corrected chi connectivity index (χ2v) is 2.43. The number of nitriles is 2. The summed E-state index contributed by atoms with van der Waals surface area (Å²) < 4.78 is 12.7. The molecule has 0 aliphatic carbocycles. The second kappa shape index (κ2) is 4.18. The SMILES string of the molecule is N#CCc1cc(F)cnc1CC#N. The van der Waals surface area contributed by atoms with Gasteiger partial charge in [-0.1, -0.05) is 0 Å². The molecule has 0 amide bonds. The van der Waals surface area contributed by atoms with Crippen LogP contribution in [-0.2, 0) is 12.8 Å². The van der Waals surface area contributed by atoms with Crippen LogP contribution < -0.4 is 0 Å². The summed E-state index contributed by atoms with van der Waals surface area (Å²) in [4.78, 5) is 3.74. The van der Waals surface area contributed by atoms with E-state index in [-0.39, 0.29) is 12.8 Å². The standard InChI is InChI=1S/C9H6FN3/c10-8-5-7(1-3-11)9(2-4-12)13-6-8/h5-6H,1-2H2. The topological polar surface area (TPSA) is 60.5 Å². The highest BCUT2D eigenvalue weighted by atomic mass is 19.1. The highest BCUT2D eigenvalue weighted by Gasteiger charge is 2.04. The Morgan fingerprint density at radius 3 is 2.62 bits per heavy atom. The molecule has 0 saturated carbocycles. The van der Waals surface area contributed by atoms with E-state index < -0.39 is 5.82 Å². The normalized spacial score (nSPS) is 8.85. The molecule has 0 aliphatic heterocycles. The van der Waals surface area contributed by atoms with Crippen molar-refractivity contribution in [3.63, 3.8) is 0 Å². The van der Waals surface area contributed by atoms with E-state index in [9.17, 15) is 4.39 Å². The minimum absolute atomic E-state index is 0.0851. The van der Waals surface area contributed by atoms with Gasteiger partial charge in [-0.2, -0.15) is 10.5 Å². The van der Waals surface area contributed by atoms with Gasteiger partial charge in [0.05, 0.1) is 36.9 Å². The van der Waals surface area contributed by atoms with Gasteiger partial charge < -0.3 is 0 Å². The van der Waals surface area contributed by atoms with Crippen LogP contribution in [0.1, 0.15) is 11.3 Å². The van der Waals surface area contributed by atoms with Gasteiger partial charge in [0, 0.05) is 0 Å². The molecule has 0 spiro atoms. The molecule has 64 valence electrons. The molecule has 0 aliphatic rings. The number of nitrogens with zero attached hydrogens (tertiary/aromatic N) is 3. The lowest BCUT2D eigenvalue weighted by molar-refractivity contribution is 0.617. The Kier molecular flexibility index (Phi) is 2.94. The zero-order valence-corrected chi connectivity index (χ0v) is 6.79. The number of aromatic nitrogens is 1. The smallest absolute Gasteiger partial charge is 0.141 e. The van der Waals surface area contributed by atoms with Gasteiger partial charge in [0.25, 0.3) is 0 Å². The van der Waals surface area contributed by atoms with Crippen LogP contribution in [0.15, 0.2) is 12.3 Å². The van der Waals surface area contributed by atoms with Crippen LogP contribution in [0.3, 0.4) is 0 Å². The lowest BCUT2D eigenvalue weighted by Crippen LogP contribution is -1.97. The summed E-state index contributed by atoms with van der Waals surface area (Å²) in [5, 5.41) is 16.8. The molecule has 3 nitrogen and oxygen atoms in total. The zero-order valence-electron chi connectivity index (χ0n) is 6.79. The molecule has 0 saturated heterocycles. The first-order valence-electron chi connectivity index (χ1n) is 3.65. The molecular formula is C9H6FN3. The van der Waals surface area contributed by atoms with E-state index in [1.807, 2.05) is 12.1 Å². The molecule has 4 heteroatoms. The first-order chi connectivity index (χ1) is 6.27. The van der Waals surface area contributed by atoms with Gasteiger partial charge in [0.2, 0.25) is 0 Å². The average molecular weight is 175 g/mol. The predicted molar refractivity (Wildman–Crippen MR) is 42.8 cm³/mol. The molecule has 1 heterocycles. The lowest BCUT2D eigenvalue weighted by atomic mass is 10.1. The fraction of sp³-hybridized carbons (Fsp3) is 0.222. The van der Waals surface area contributed by atoms with Crippen molar-refractivity contribution in [1.29, 1.82) is 10.5 Å². The highest BCUT2D eigenvalue weighted by molar-refractivity contribution is 5.25. The van der Waals surface area contributed by atoms with E-state index in [0.717, 1.165) is 6.20 Å². The van der Waals surface area contributed by atoms with E-state index in [4.69, 9.17) is 10.5 Å². The third kappa shape index (κ3) is 2.25. The average Bonchev–Trinajstić information content (AvgIpc) is 2.10. The number of pyridine rings is 1. The van der Waals surface area contributed by atoms with Crippen molar-refractivity contribution in [2.45, 2.75) is 12.8 Å². The maximum Gasteiger partial charge on any atom is 0.141 e. The van der Waals surface area contributed by atoms with Crippen molar-refractivity contribution < 1.29 is 4.39 Å². The van der Waals surface area contributed by atoms with Crippen LogP contribution in [0, 0.1) is 28.5 Å². The third-order valence-corrected chi connectivity index (χ3v) is 1.54. The van der Waals surface area contributed by atoms with Gasteiger partial charge in [-0.25, -0.2) is 4.39 Å². The summed E-state index contributed by atoms with van der Waals surface area (Å²) in [6.45, 7) is 0. The summed E-state index contributed by atoms with van der Waals surface area (Å²) in [5.41, 5.74) is 0.967. The zero-order chi connectivity index (χ0) is 9.68. The molecule has 0 radical (unpaired) electrons. The first kappa shape index (κ1) is 9.15. The largest absolute Gasteiger partial charge is 0.257 e. The Morgan fingerprint density at radius 1 is 1.31 bits per heavy atom. The maximum absolute atomic E-state index is 12.7. The minimum atomic E-state index is -0.480. The van der Waals surface area contributed by atoms with Gasteiger partial charge in [0.15, 0.2) is 0 Å². The Bertz CT molecular complexity index is 387. The van der Waals surface area contributed by atoms with Crippen molar-refractivity contribution in [2.75, 3.05) is 0 Å². The Labute approximate surface area is 75.1 Å². The Balaban J connectivity index is 3.06. The molecule has 0 fully saturated rings. The summed E-state index contributed by atoms with van der Waals surface area (Å²) in [5.74, 6) is -0.480. The van der Waals surface area contributed by atoms with Gasteiger partial charge in [-0.05, 0) is 11.6 Å². The monoisotopic (exact) mass is 175 g/mol. The molecular weight excluding hydrogens is 169 g/mol. The van der Waals surface area contributed by atoms with Crippen molar-refractivity contribution in [2.24, 2.45) is 0 Å². The van der Waals surface area contributed by atoms with Gasteiger partial charge in [-0.3, -0.25) is 4.98 Å². The molecule has 0 unspecified atom stereocenters. The number of halogens is 1.